The van der Waals surface area contributed by atoms with Crippen LogP contribution >= 0.6 is 0 Å². The molecular formula is C21H24F5N3O4S. The highest BCUT2D eigenvalue weighted by Gasteiger charge is 2.41. The van der Waals surface area contributed by atoms with Crippen molar-refractivity contribution in [3.63, 3.8) is 0 Å². The average Bonchev–Trinajstić information content (AvgIpc) is 3.14. The standard InChI is InChI=1S/C21H24F5N3O4S/c1-3-33-19(30)11-29-18-6-4-5-17(14(18)10-28-29)27-12-34(31,32)13-7-8-15(21(24,25)26)16(9-13)20(2,22)23/h7-10,17,27H,3-6,11-12H2,1-2H3/t17-/m1/s1. The lowest BCUT2D eigenvalue weighted by Gasteiger charge is -2.24. The normalized spacial score (nSPS) is 16.9. The molecule has 0 fully saturated rings. The third-order valence-corrected chi connectivity index (χ3v) is 7.01. The molecule has 2 aromatic rings. The Morgan fingerprint density at radius 2 is 1.94 bits per heavy atom. The fraction of sp³-hybridized carbons (Fsp3) is 0.524. The molecule has 0 aliphatic heterocycles. The van der Waals surface area contributed by atoms with E-state index in [9.17, 15) is 35.2 Å². The van der Waals surface area contributed by atoms with Gasteiger partial charge in [0.2, 0.25) is 0 Å². The van der Waals surface area contributed by atoms with Crippen molar-refractivity contribution in [1.82, 2.24) is 15.1 Å². The molecule has 0 amide bonds. The molecule has 1 N–H and O–H groups in total. The van der Waals surface area contributed by atoms with Crippen LogP contribution in [-0.4, -0.2) is 36.7 Å². The number of rotatable bonds is 8. The van der Waals surface area contributed by atoms with E-state index < -0.39 is 55.8 Å². The van der Waals surface area contributed by atoms with Crippen molar-refractivity contribution in [2.45, 2.75) is 62.7 Å². The number of alkyl halides is 5. The zero-order valence-electron chi connectivity index (χ0n) is 18.5. The maximum Gasteiger partial charge on any atom is 0.416 e. The van der Waals surface area contributed by atoms with Crippen molar-refractivity contribution in [3.05, 3.63) is 46.8 Å². The lowest BCUT2D eigenvalue weighted by molar-refractivity contribution is -0.144. The lowest BCUT2D eigenvalue weighted by atomic mass is 9.93. The number of nitrogens with zero attached hydrogens (tertiary/aromatic N) is 2. The summed E-state index contributed by atoms with van der Waals surface area (Å²) >= 11 is 0. The highest BCUT2D eigenvalue weighted by atomic mass is 32.2. The molecule has 13 heteroatoms. The van der Waals surface area contributed by atoms with Crippen LogP contribution in [0.15, 0.2) is 29.3 Å². The minimum atomic E-state index is -5.06. The molecular weight excluding hydrogens is 485 g/mol. The van der Waals surface area contributed by atoms with Crippen LogP contribution in [-0.2, 0) is 44.4 Å². The molecule has 7 nitrogen and oxygen atoms in total. The largest absolute Gasteiger partial charge is 0.465 e. The number of hydrogen-bond acceptors (Lipinski definition) is 6. The third kappa shape index (κ3) is 5.74. The fourth-order valence-electron chi connectivity index (χ4n) is 3.92. The maximum atomic E-state index is 13.8. The predicted molar refractivity (Wildman–Crippen MR) is 111 cm³/mol. The maximum absolute atomic E-state index is 13.8. The Morgan fingerprint density at radius 1 is 1.24 bits per heavy atom. The fourth-order valence-corrected chi connectivity index (χ4v) is 5.08. The molecule has 0 saturated heterocycles. The van der Waals surface area contributed by atoms with Crippen molar-refractivity contribution in [1.29, 1.82) is 0 Å². The Balaban J connectivity index is 1.81. The number of benzene rings is 1. The van der Waals surface area contributed by atoms with E-state index >= 15 is 0 Å². The van der Waals surface area contributed by atoms with Crippen LogP contribution in [0.25, 0.3) is 0 Å². The number of nitrogens with one attached hydrogen (secondary N) is 1. The van der Waals surface area contributed by atoms with Crippen LogP contribution in [0.3, 0.4) is 0 Å². The number of aromatic nitrogens is 2. The van der Waals surface area contributed by atoms with Crippen molar-refractivity contribution >= 4 is 15.8 Å². The average molecular weight is 509 g/mol. The number of sulfone groups is 1. The van der Waals surface area contributed by atoms with E-state index in [1.54, 1.807) is 6.92 Å². The monoisotopic (exact) mass is 509 g/mol. The SMILES string of the molecule is CCOC(=O)Cn1ncc2c1CCC[C@H]2NCS(=O)(=O)c1ccc(C(F)(F)F)c(C(C)(F)F)c1. The quantitative estimate of drug-likeness (QED) is 0.428. The highest BCUT2D eigenvalue weighted by Crippen LogP contribution is 2.40. The molecule has 188 valence electrons. The van der Waals surface area contributed by atoms with Crippen LogP contribution < -0.4 is 5.32 Å². The van der Waals surface area contributed by atoms with Gasteiger partial charge < -0.3 is 4.74 Å². The van der Waals surface area contributed by atoms with Crippen molar-refractivity contribution in [2.24, 2.45) is 0 Å². The molecule has 0 saturated carbocycles. The van der Waals surface area contributed by atoms with E-state index in [4.69, 9.17) is 4.74 Å². The first kappa shape index (κ1) is 26.1. The van der Waals surface area contributed by atoms with E-state index in [0.717, 1.165) is 5.69 Å². The molecule has 34 heavy (non-hydrogen) atoms. The Bertz CT molecular complexity index is 1160. The number of halogens is 5. The Kier molecular flexibility index (Phi) is 7.37. The van der Waals surface area contributed by atoms with Crippen LogP contribution in [0.5, 0.6) is 0 Å². The van der Waals surface area contributed by atoms with Gasteiger partial charge in [-0.1, -0.05) is 0 Å². The Morgan fingerprint density at radius 3 is 2.56 bits per heavy atom. The van der Waals surface area contributed by atoms with E-state index in [1.165, 1.54) is 10.9 Å². The van der Waals surface area contributed by atoms with Gasteiger partial charge in [-0.25, -0.2) is 17.2 Å². The number of ether oxygens (including phenoxy) is 1. The van der Waals surface area contributed by atoms with Crippen molar-refractivity contribution in [2.75, 3.05) is 12.5 Å². The Labute approximate surface area is 193 Å². The first-order chi connectivity index (χ1) is 15.7. The van der Waals surface area contributed by atoms with Gasteiger partial charge in [0.05, 0.1) is 23.3 Å². The number of fused-ring (bicyclic) bond motifs is 1. The predicted octanol–water partition coefficient (Wildman–Crippen LogP) is 3.98. The van der Waals surface area contributed by atoms with Crippen LogP contribution in [0.4, 0.5) is 22.0 Å². The van der Waals surface area contributed by atoms with Gasteiger partial charge in [-0.05, 0) is 44.4 Å². The van der Waals surface area contributed by atoms with Crippen molar-refractivity contribution in [3.8, 4) is 0 Å². The molecule has 0 unspecified atom stereocenters. The molecule has 1 aliphatic carbocycles. The van der Waals surface area contributed by atoms with Gasteiger partial charge in [-0.3, -0.25) is 14.8 Å². The van der Waals surface area contributed by atoms with Crippen LogP contribution in [0, 0.1) is 0 Å². The third-order valence-electron chi connectivity index (χ3n) is 5.50. The highest BCUT2D eigenvalue weighted by molar-refractivity contribution is 7.91. The number of hydrogen-bond donors (Lipinski definition) is 1. The van der Waals surface area contributed by atoms with E-state index in [0.29, 0.717) is 43.0 Å². The molecule has 1 atom stereocenters. The first-order valence-corrected chi connectivity index (χ1v) is 12.1. The minimum Gasteiger partial charge on any atom is -0.465 e. The van der Waals surface area contributed by atoms with Gasteiger partial charge in [0.15, 0.2) is 9.84 Å². The lowest BCUT2D eigenvalue weighted by Crippen LogP contribution is -2.31. The topological polar surface area (TPSA) is 90.3 Å². The van der Waals surface area contributed by atoms with Crippen LogP contribution in [0.1, 0.15) is 55.1 Å². The summed E-state index contributed by atoms with van der Waals surface area (Å²) in [5, 5.41) is 7.02. The minimum absolute atomic E-state index is 0.0895. The summed E-state index contributed by atoms with van der Waals surface area (Å²) in [5.74, 6) is -5.03. The van der Waals surface area contributed by atoms with E-state index in [2.05, 4.69) is 10.4 Å². The number of carbonyl (C=O) groups excluding carboxylic acids is 1. The van der Waals surface area contributed by atoms with Gasteiger partial charge in [0.1, 0.15) is 12.4 Å². The molecule has 1 aromatic carbocycles. The van der Waals surface area contributed by atoms with Gasteiger partial charge in [-0.15, -0.1) is 0 Å². The summed E-state index contributed by atoms with van der Waals surface area (Å²) in [6.07, 6.45) is -1.69. The zero-order valence-corrected chi connectivity index (χ0v) is 19.3. The molecule has 1 aliphatic rings. The molecule has 1 heterocycles. The Hall–Kier alpha value is -2.54. The molecule has 0 bridgehead atoms. The van der Waals surface area contributed by atoms with Gasteiger partial charge in [0, 0.05) is 29.8 Å². The van der Waals surface area contributed by atoms with E-state index in [-0.39, 0.29) is 20.1 Å². The number of esters is 1. The summed E-state index contributed by atoms with van der Waals surface area (Å²) in [4.78, 5) is 11.1. The second-order valence-corrected chi connectivity index (χ2v) is 10.0. The molecule has 3 rings (SSSR count). The first-order valence-electron chi connectivity index (χ1n) is 10.5. The van der Waals surface area contributed by atoms with Gasteiger partial charge in [-0.2, -0.15) is 18.3 Å². The molecule has 1 aromatic heterocycles. The molecule has 0 spiro atoms. The van der Waals surface area contributed by atoms with Gasteiger partial charge >= 0.3 is 12.1 Å². The number of carbonyl (C=O) groups is 1. The van der Waals surface area contributed by atoms with Crippen LogP contribution in [0.2, 0.25) is 0 Å². The van der Waals surface area contributed by atoms with Crippen molar-refractivity contribution < 1.29 is 39.9 Å². The summed E-state index contributed by atoms with van der Waals surface area (Å²) < 4.78 is 99.0. The smallest absolute Gasteiger partial charge is 0.416 e. The summed E-state index contributed by atoms with van der Waals surface area (Å²) in [5.41, 5.74) is -1.55. The molecule has 0 radical (unpaired) electrons. The summed E-state index contributed by atoms with van der Waals surface area (Å²) in [6.45, 7) is 2.09. The second kappa shape index (κ2) is 9.61. The van der Waals surface area contributed by atoms with Gasteiger partial charge in [0.25, 0.3) is 5.92 Å². The summed E-state index contributed by atoms with van der Waals surface area (Å²) in [6, 6.07) is 0.969. The summed E-state index contributed by atoms with van der Waals surface area (Å²) in [7, 11) is -4.24. The second-order valence-electron chi connectivity index (χ2n) is 8.01. The zero-order chi connectivity index (χ0) is 25.3. The van der Waals surface area contributed by atoms with E-state index in [1.807, 2.05) is 0 Å².